The molecule has 30 heavy (non-hydrogen) atoms. The van der Waals surface area contributed by atoms with Gasteiger partial charge in [0.25, 0.3) is 0 Å². The van der Waals surface area contributed by atoms with Crippen LogP contribution < -0.4 is 10.9 Å². The maximum Gasteiger partial charge on any atom is 0.410 e. The van der Waals surface area contributed by atoms with Crippen LogP contribution in [0.15, 0.2) is 45.3 Å². The van der Waals surface area contributed by atoms with Gasteiger partial charge in [-0.1, -0.05) is 13.0 Å². The lowest BCUT2D eigenvalue weighted by Gasteiger charge is -2.11. The number of rotatable bonds is 8. The minimum atomic E-state index is -0.861. The first-order valence-corrected chi connectivity index (χ1v) is 10.2. The van der Waals surface area contributed by atoms with Gasteiger partial charge in [-0.3, -0.25) is 10.1 Å². The molecule has 1 atom stereocenters. The molecule has 160 valence electrons. The monoisotopic (exact) mass is 431 g/mol. The van der Waals surface area contributed by atoms with Gasteiger partial charge in [0.1, 0.15) is 17.1 Å². The van der Waals surface area contributed by atoms with E-state index in [0.717, 1.165) is 9.75 Å². The van der Waals surface area contributed by atoms with Crippen molar-refractivity contribution in [2.75, 3.05) is 7.11 Å². The molecular formula is C22H25NO6S. The van der Waals surface area contributed by atoms with Gasteiger partial charge < -0.3 is 14.3 Å². The fraction of sp³-hybridized carbons (Fsp3) is 0.318. The van der Waals surface area contributed by atoms with E-state index in [4.69, 9.17) is 4.42 Å². The van der Waals surface area contributed by atoms with Crippen LogP contribution in [0, 0.1) is 6.92 Å². The molecule has 0 radical (unpaired) electrons. The summed E-state index contributed by atoms with van der Waals surface area (Å²) in [6.07, 6.45) is 5.53. The fourth-order valence-corrected chi connectivity index (χ4v) is 3.60. The molecule has 2 rings (SSSR count). The first-order valence-electron chi connectivity index (χ1n) is 9.38. The predicted molar refractivity (Wildman–Crippen MR) is 116 cm³/mol. The molecule has 2 N–H and O–H groups in total. The van der Waals surface area contributed by atoms with Crippen LogP contribution in [0.25, 0.3) is 6.08 Å². The van der Waals surface area contributed by atoms with Gasteiger partial charge in [0.05, 0.1) is 7.11 Å². The van der Waals surface area contributed by atoms with Crippen LogP contribution in [-0.2, 0) is 4.74 Å². The highest BCUT2D eigenvalue weighted by atomic mass is 32.1. The minimum absolute atomic E-state index is 0.179. The van der Waals surface area contributed by atoms with E-state index in [0.29, 0.717) is 24.2 Å². The smallest absolute Gasteiger partial charge is 0.410 e. The van der Waals surface area contributed by atoms with E-state index in [-0.39, 0.29) is 11.5 Å². The number of carbonyl (C=O) groups excluding carboxylic acids is 2. The number of hydrogen-bond acceptors (Lipinski definition) is 7. The van der Waals surface area contributed by atoms with Crippen molar-refractivity contribution >= 4 is 29.3 Å². The summed E-state index contributed by atoms with van der Waals surface area (Å²) in [5, 5.41) is 12.7. The summed E-state index contributed by atoms with van der Waals surface area (Å²) >= 11 is 1.53. The van der Waals surface area contributed by atoms with Crippen LogP contribution in [0.1, 0.15) is 58.5 Å². The van der Waals surface area contributed by atoms with Crippen molar-refractivity contribution in [3.63, 3.8) is 0 Å². The number of carbonyl (C=O) groups is 2. The Morgan fingerprint density at radius 1 is 1.37 bits per heavy atom. The van der Waals surface area contributed by atoms with Crippen molar-refractivity contribution < 1.29 is 23.8 Å². The summed E-state index contributed by atoms with van der Waals surface area (Å²) in [4.78, 5) is 38.0. The molecule has 0 saturated heterocycles. The van der Waals surface area contributed by atoms with Gasteiger partial charge in [-0.05, 0) is 50.5 Å². The molecule has 2 aromatic rings. The Kier molecular flexibility index (Phi) is 8.17. The Hall–Kier alpha value is -3.13. The summed E-state index contributed by atoms with van der Waals surface area (Å²) in [6, 6.07) is 5.15. The zero-order valence-corrected chi connectivity index (χ0v) is 18.2. The zero-order chi connectivity index (χ0) is 22.3. The van der Waals surface area contributed by atoms with Gasteiger partial charge in [0, 0.05) is 27.9 Å². The molecule has 0 bridgehead atoms. The zero-order valence-electron chi connectivity index (χ0n) is 17.4. The Morgan fingerprint density at radius 2 is 2.10 bits per heavy atom. The summed E-state index contributed by atoms with van der Waals surface area (Å²) in [6.45, 7) is 5.40. The summed E-state index contributed by atoms with van der Waals surface area (Å²) < 4.78 is 9.76. The molecule has 1 amide bonds. The Bertz CT molecular complexity index is 1030. The molecular weight excluding hydrogens is 406 g/mol. The number of amides is 1. The van der Waals surface area contributed by atoms with Crippen LogP contribution in [0.5, 0.6) is 5.75 Å². The van der Waals surface area contributed by atoms with Crippen LogP contribution in [0.4, 0.5) is 4.79 Å². The molecule has 0 aliphatic rings. The number of allylic oxidation sites excluding steroid dienone is 2. The fourth-order valence-electron chi connectivity index (χ4n) is 2.72. The largest absolute Gasteiger partial charge is 0.507 e. The maximum atomic E-state index is 12.7. The molecule has 7 nitrogen and oxygen atoms in total. The number of hydrogen-bond donors (Lipinski definition) is 2. The second-order valence-electron chi connectivity index (χ2n) is 6.82. The summed E-state index contributed by atoms with van der Waals surface area (Å²) in [5.74, 6) is -0.848. The number of methoxy groups -OCH3 is 1. The first kappa shape index (κ1) is 23.2. The second-order valence-corrected chi connectivity index (χ2v) is 8.14. The normalized spacial score (nSPS) is 12.7. The lowest BCUT2D eigenvalue weighted by molar-refractivity contribution is 0.102. The summed E-state index contributed by atoms with van der Waals surface area (Å²) in [5.41, 5.74) is -0.890. The third-order valence-electron chi connectivity index (χ3n) is 4.41. The van der Waals surface area contributed by atoms with Crippen LogP contribution >= 0.6 is 11.3 Å². The van der Waals surface area contributed by atoms with Crippen molar-refractivity contribution in [1.29, 1.82) is 0 Å². The lowest BCUT2D eigenvalue weighted by Crippen LogP contribution is -2.16. The van der Waals surface area contributed by atoms with Crippen molar-refractivity contribution in [2.24, 2.45) is 0 Å². The van der Waals surface area contributed by atoms with Gasteiger partial charge >= 0.3 is 11.7 Å². The van der Waals surface area contributed by atoms with E-state index in [1.54, 1.807) is 19.1 Å². The Labute approximate surface area is 178 Å². The van der Waals surface area contributed by atoms with Gasteiger partial charge in [-0.25, -0.2) is 9.59 Å². The molecule has 1 unspecified atom stereocenters. The topological polar surface area (TPSA) is 106 Å². The quantitative estimate of drug-likeness (QED) is 0.461. The van der Waals surface area contributed by atoms with Gasteiger partial charge in [-0.15, -0.1) is 11.3 Å². The molecule has 0 aromatic carbocycles. The van der Waals surface area contributed by atoms with Crippen LogP contribution in [-0.4, -0.2) is 24.1 Å². The minimum Gasteiger partial charge on any atom is -0.507 e. The van der Waals surface area contributed by atoms with E-state index < -0.39 is 23.3 Å². The molecule has 0 spiro atoms. The van der Waals surface area contributed by atoms with E-state index >= 15 is 0 Å². The Morgan fingerprint density at radius 3 is 2.70 bits per heavy atom. The van der Waals surface area contributed by atoms with Crippen molar-refractivity contribution in [3.05, 3.63) is 67.5 Å². The number of ether oxygens (including phenoxy) is 1. The molecule has 0 aliphatic heterocycles. The van der Waals surface area contributed by atoms with E-state index in [1.165, 1.54) is 30.7 Å². The number of aryl methyl sites for hydroxylation is 1. The van der Waals surface area contributed by atoms with E-state index in [1.807, 2.05) is 26.0 Å². The number of ketones is 1. The molecule has 0 saturated carbocycles. The SMILES string of the molecule is COC(=O)N/C=C/CCC(C)c1cc(O)c(C(=O)/C(C)=C/c2ccc(C)s2)c(=O)o1. The number of aromatic hydroxyl groups is 1. The van der Waals surface area contributed by atoms with Gasteiger partial charge in [0.2, 0.25) is 0 Å². The molecule has 2 aromatic heterocycles. The summed E-state index contributed by atoms with van der Waals surface area (Å²) in [7, 11) is 1.27. The van der Waals surface area contributed by atoms with E-state index in [9.17, 15) is 19.5 Å². The molecule has 2 heterocycles. The second kappa shape index (κ2) is 10.6. The van der Waals surface area contributed by atoms with E-state index in [2.05, 4.69) is 10.1 Å². The average molecular weight is 432 g/mol. The highest BCUT2D eigenvalue weighted by molar-refractivity contribution is 7.12. The standard InChI is InChI=1S/C22H25NO6S/c1-13(7-5-6-10-23-22(27)28-4)18-12-17(24)19(21(26)29-18)20(25)14(2)11-16-9-8-15(3)30-16/h6,8-13,24H,5,7H2,1-4H3,(H,23,27)/b10-6+,14-11+. The van der Waals surface area contributed by atoms with Crippen LogP contribution in [0.2, 0.25) is 0 Å². The highest BCUT2D eigenvalue weighted by Gasteiger charge is 2.22. The number of thiophene rings is 1. The third kappa shape index (κ3) is 6.18. The van der Waals surface area contributed by atoms with Crippen molar-refractivity contribution in [2.45, 2.75) is 39.5 Å². The lowest BCUT2D eigenvalue weighted by atomic mass is 10.00. The van der Waals surface area contributed by atoms with Gasteiger partial charge in [-0.2, -0.15) is 0 Å². The molecule has 0 fully saturated rings. The number of Topliss-reactive ketones (excluding diaryl/α,β-unsaturated/α-hetero) is 1. The van der Waals surface area contributed by atoms with Crippen LogP contribution in [0.3, 0.4) is 0 Å². The van der Waals surface area contributed by atoms with Crippen molar-refractivity contribution in [3.8, 4) is 5.75 Å². The average Bonchev–Trinajstić information content (AvgIpc) is 3.11. The Balaban J connectivity index is 2.10. The predicted octanol–water partition coefficient (Wildman–Crippen LogP) is 4.75. The number of nitrogens with one attached hydrogen (secondary N) is 1. The third-order valence-corrected chi connectivity index (χ3v) is 5.36. The number of alkyl carbamates (subject to hydrolysis) is 1. The van der Waals surface area contributed by atoms with Gasteiger partial charge in [0.15, 0.2) is 5.78 Å². The highest BCUT2D eigenvalue weighted by Crippen LogP contribution is 2.26. The van der Waals surface area contributed by atoms with Crippen molar-refractivity contribution in [1.82, 2.24) is 5.32 Å². The molecule has 0 aliphatic carbocycles. The first-order chi connectivity index (χ1) is 14.2. The maximum absolute atomic E-state index is 12.7. The molecule has 8 heteroatoms.